The Morgan fingerprint density at radius 3 is 2.75 bits per heavy atom. The summed E-state index contributed by atoms with van der Waals surface area (Å²) in [7, 11) is 0. The van der Waals surface area contributed by atoms with Gasteiger partial charge in [-0.05, 0) is 18.6 Å². The fourth-order valence-corrected chi connectivity index (χ4v) is 2.22. The third-order valence-electron chi connectivity index (χ3n) is 2.41. The molecule has 0 bridgehead atoms. The largest absolute Gasteiger partial charge is 0.387 e. The number of rotatable bonds is 5. The molecule has 0 saturated heterocycles. The van der Waals surface area contributed by atoms with Gasteiger partial charge in [0.1, 0.15) is 0 Å². The van der Waals surface area contributed by atoms with Gasteiger partial charge in [-0.2, -0.15) is 0 Å². The lowest BCUT2D eigenvalue weighted by molar-refractivity contribution is 0.500. The first kappa shape index (κ1) is 13.3. The maximum absolute atomic E-state index is 7.44. The van der Waals surface area contributed by atoms with Gasteiger partial charge < -0.3 is 5.73 Å². The second kappa shape index (κ2) is 5.55. The van der Waals surface area contributed by atoms with E-state index in [9.17, 15) is 0 Å². The molecule has 0 aliphatic heterocycles. The zero-order chi connectivity index (χ0) is 12.2. The van der Waals surface area contributed by atoms with Crippen molar-refractivity contribution in [2.45, 2.75) is 25.3 Å². The van der Waals surface area contributed by atoms with E-state index in [1.54, 1.807) is 18.0 Å². The number of pyridine rings is 1. The Balaban J connectivity index is 2.41. The minimum atomic E-state index is -0.237. The number of nitrogens with zero attached hydrogens (tertiary/aromatic N) is 1. The number of nitrogens with two attached hydrogens (primary N) is 1. The van der Waals surface area contributed by atoms with Gasteiger partial charge in [-0.15, -0.1) is 11.8 Å². The maximum atomic E-state index is 7.44. The van der Waals surface area contributed by atoms with Gasteiger partial charge in [0.15, 0.2) is 0 Å². The maximum Gasteiger partial charge on any atom is 0.0963 e. The fourth-order valence-electron chi connectivity index (χ4n) is 0.993. The van der Waals surface area contributed by atoms with E-state index in [-0.39, 0.29) is 11.3 Å². The molecule has 0 amide bonds. The predicted molar refractivity (Wildman–Crippen MR) is 70.3 cm³/mol. The van der Waals surface area contributed by atoms with Crippen LogP contribution in [0.5, 0.6) is 0 Å². The summed E-state index contributed by atoms with van der Waals surface area (Å²) >= 11 is 7.39. The van der Waals surface area contributed by atoms with Crippen molar-refractivity contribution in [2.24, 2.45) is 11.1 Å². The van der Waals surface area contributed by atoms with Crippen LogP contribution in [0.25, 0.3) is 0 Å². The summed E-state index contributed by atoms with van der Waals surface area (Å²) in [4.78, 5) is 4.19. The molecule has 0 saturated carbocycles. The van der Waals surface area contributed by atoms with Crippen molar-refractivity contribution >= 4 is 29.2 Å². The Labute approximate surface area is 105 Å². The number of aromatic nitrogens is 1. The van der Waals surface area contributed by atoms with Crippen molar-refractivity contribution < 1.29 is 0 Å². The third kappa shape index (κ3) is 4.02. The zero-order valence-corrected chi connectivity index (χ0v) is 11.0. The molecule has 3 N–H and O–H groups in total. The summed E-state index contributed by atoms with van der Waals surface area (Å²) in [5.74, 6) is 1.12. The summed E-state index contributed by atoms with van der Waals surface area (Å²) in [5, 5.41) is 9.04. The molecule has 1 heterocycles. The van der Waals surface area contributed by atoms with Crippen LogP contribution in [0, 0.1) is 10.8 Å². The lowest BCUT2D eigenvalue weighted by Gasteiger charge is -2.22. The van der Waals surface area contributed by atoms with Gasteiger partial charge in [-0.25, -0.2) is 4.98 Å². The number of amidine groups is 1. The van der Waals surface area contributed by atoms with Crippen molar-refractivity contribution in [3.8, 4) is 0 Å². The van der Waals surface area contributed by atoms with E-state index in [1.165, 1.54) is 0 Å². The first-order valence-electron chi connectivity index (χ1n) is 5.01. The molecule has 0 aliphatic carbocycles. The van der Waals surface area contributed by atoms with Crippen molar-refractivity contribution in [3.05, 3.63) is 23.4 Å². The first-order chi connectivity index (χ1) is 7.42. The summed E-state index contributed by atoms with van der Waals surface area (Å²) in [6.07, 6.45) is 2.50. The van der Waals surface area contributed by atoms with Gasteiger partial charge in [0, 0.05) is 17.4 Å². The number of hydrogen-bond acceptors (Lipinski definition) is 3. The second-order valence-corrected chi connectivity index (χ2v) is 5.76. The average molecular weight is 258 g/mol. The molecule has 5 heteroatoms. The summed E-state index contributed by atoms with van der Waals surface area (Å²) in [6, 6.07) is 3.72. The van der Waals surface area contributed by atoms with Crippen molar-refractivity contribution in [1.82, 2.24) is 4.98 Å². The van der Waals surface area contributed by atoms with Gasteiger partial charge >= 0.3 is 0 Å². The molecule has 88 valence electrons. The lowest BCUT2D eigenvalue weighted by Crippen LogP contribution is -2.31. The van der Waals surface area contributed by atoms with Crippen LogP contribution in [-0.4, -0.2) is 16.6 Å². The molecule has 0 aromatic carbocycles. The fraction of sp³-hybridized carbons (Fsp3) is 0.455. The minimum absolute atomic E-state index is 0.233. The van der Waals surface area contributed by atoms with Crippen LogP contribution in [-0.2, 0) is 0 Å². The SMILES string of the molecule is CC(C)(CCSc1ccc(Cl)cn1)C(=N)N. The van der Waals surface area contributed by atoms with Crippen LogP contribution in [0.3, 0.4) is 0 Å². The molecule has 3 nitrogen and oxygen atoms in total. The number of thioether (sulfide) groups is 1. The van der Waals surface area contributed by atoms with Crippen LogP contribution < -0.4 is 5.73 Å². The normalized spacial score (nSPS) is 11.4. The van der Waals surface area contributed by atoms with Gasteiger partial charge in [0.2, 0.25) is 0 Å². The molecule has 0 unspecified atom stereocenters. The number of nitrogens with one attached hydrogen (secondary N) is 1. The van der Waals surface area contributed by atoms with Crippen LogP contribution in [0.2, 0.25) is 5.02 Å². The van der Waals surface area contributed by atoms with E-state index in [0.717, 1.165) is 17.2 Å². The van der Waals surface area contributed by atoms with Crippen LogP contribution >= 0.6 is 23.4 Å². The highest BCUT2D eigenvalue weighted by Crippen LogP contribution is 2.25. The van der Waals surface area contributed by atoms with Crippen LogP contribution in [0.4, 0.5) is 0 Å². The molecule has 1 rings (SSSR count). The Bertz CT molecular complexity index is 362. The minimum Gasteiger partial charge on any atom is -0.387 e. The molecule has 0 atom stereocenters. The van der Waals surface area contributed by atoms with Gasteiger partial charge in [-0.1, -0.05) is 25.4 Å². The molecule has 1 aromatic rings. The van der Waals surface area contributed by atoms with E-state index >= 15 is 0 Å². The molecule has 0 radical (unpaired) electrons. The monoisotopic (exact) mass is 257 g/mol. The lowest BCUT2D eigenvalue weighted by atomic mass is 9.89. The summed E-state index contributed by atoms with van der Waals surface area (Å²) in [6.45, 7) is 3.95. The third-order valence-corrected chi connectivity index (χ3v) is 3.58. The Hall–Kier alpha value is -0.740. The molecular formula is C11H16ClN3S. The van der Waals surface area contributed by atoms with Gasteiger partial charge in [-0.3, -0.25) is 5.41 Å². The highest BCUT2D eigenvalue weighted by atomic mass is 35.5. The summed E-state index contributed by atoms with van der Waals surface area (Å²) in [5.41, 5.74) is 5.27. The zero-order valence-electron chi connectivity index (χ0n) is 9.46. The topological polar surface area (TPSA) is 62.8 Å². The average Bonchev–Trinajstić information content (AvgIpc) is 2.20. The molecule has 16 heavy (non-hydrogen) atoms. The molecule has 0 fully saturated rings. The van der Waals surface area contributed by atoms with Crippen LogP contribution in [0.1, 0.15) is 20.3 Å². The number of hydrogen-bond donors (Lipinski definition) is 2. The van der Waals surface area contributed by atoms with E-state index in [4.69, 9.17) is 22.7 Å². The van der Waals surface area contributed by atoms with Crippen molar-refractivity contribution in [3.63, 3.8) is 0 Å². The van der Waals surface area contributed by atoms with Gasteiger partial charge in [0.05, 0.1) is 15.9 Å². The second-order valence-electron chi connectivity index (χ2n) is 4.21. The molecule has 0 aliphatic rings. The van der Waals surface area contributed by atoms with E-state index < -0.39 is 0 Å². The molecular weight excluding hydrogens is 242 g/mol. The Kier molecular flexibility index (Phi) is 4.62. The van der Waals surface area contributed by atoms with E-state index in [1.807, 2.05) is 26.0 Å². The van der Waals surface area contributed by atoms with Gasteiger partial charge in [0.25, 0.3) is 0 Å². The quantitative estimate of drug-likeness (QED) is 0.484. The smallest absolute Gasteiger partial charge is 0.0963 e. The highest BCUT2D eigenvalue weighted by molar-refractivity contribution is 7.99. The van der Waals surface area contributed by atoms with Crippen molar-refractivity contribution in [1.29, 1.82) is 5.41 Å². The molecule has 0 spiro atoms. The van der Waals surface area contributed by atoms with Crippen LogP contribution in [0.15, 0.2) is 23.4 Å². The Morgan fingerprint density at radius 1 is 1.56 bits per heavy atom. The molecule has 1 aromatic heterocycles. The van der Waals surface area contributed by atoms with E-state index in [2.05, 4.69) is 4.98 Å². The summed E-state index contributed by atoms with van der Waals surface area (Å²) < 4.78 is 0. The van der Waals surface area contributed by atoms with E-state index in [0.29, 0.717) is 5.02 Å². The standard InChI is InChI=1S/C11H16ClN3S/c1-11(2,10(13)14)5-6-16-9-4-3-8(12)7-15-9/h3-4,7H,5-6H2,1-2H3,(H3,13,14). The highest BCUT2D eigenvalue weighted by Gasteiger charge is 2.20. The number of halogens is 1. The first-order valence-corrected chi connectivity index (χ1v) is 6.37. The van der Waals surface area contributed by atoms with Crippen molar-refractivity contribution in [2.75, 3.05) is 5.75 Å². The Morgan fingerprint density at radius 2 is 2.25 bits per heavy atom. The predicted octanol–water partition coefficient (Wildman–Crippen LogP) is 3.18.